The van der Waals surface area contributed by atoms with Crippen molar-refractivity contribution in [2.24, 2.45) is 0 Å². The van der Waals surface area contributed by atoms with E-state index in [4.69, 9.17) is 17.0 Å². The number of amides is 1. The molecule has 21 heavy (non-hydrogen) atoms. The van der Waals surface area contributed by atoms with Gasteiger partial charge in [0.2, 0.25) is 0 Å². The Labute approximate surface area is 135 Å². The lowest BCUT2D eigenvalue weighted by Crippen LogP contribution is -2.28. The first-order chi connectivity index (χ1) is 10.0. The Hall–Kier alpha value is -1.33. The van der Waals surface area contributed by atoms with Crippen LogP contribution in [-0.4, -0.2) is 27.8 Å². The number of thiocarbonyl (C=S) groups is 1. The summed E-state index contributed by atoms with van der Waals surface area (Å²) in [5, 5.41) is 0. The lowest BCUT2D eigenvalue weighted by Gasteiger charge is -2.12. The summed E-state index contributed by atoms with van der Waals surface area (Å²) < 4.78 is 6.25. The number of thioether (sulfide) groups is 1. The fourth-order valence-corrected chi connectivity index (χ4v) is 3.29. The first kappa shape index (κ1) is 16.0. The van der Waals surface area contributed by atoms with E-state index in [-0.39, 0.29) is 12.0 Å². The Morgan fingerprint density at radius 2 is 2.00 bits per heavy atom. The van der Waals surface area contributed by atoms with Gasteiger partial charge in [0, 0.05) is 6.54 Å². The quantitative estimate of drug-likeness (QED) is 0.603. The minimum Gasteiger partial charge on any atom is -0.491 e. The molecule has 0 atom stereocenters. The van der Waals surface area contributed by atoms with E-state index in [0.717, 1.165) is 17.7 Å². The largest absolute Gasteiger partial charge is 0.491 e. The van der Waals surface area contributed by atoms with Crippen molar-refractivity contribution in [3.63, 3.8) is 0 Å². The molecule has 1 amide bonds. The van der Waals surface area contributed by atoms with Gasteiger partial charge in [-0.2, -0.15) is 0 Å². The Morgan fingerprint density at radius 3 is 2.57 bits per heavy atom. The lowest BCUT2D eigenvalue weighted by atomic mass is 10.2. The van der Waals surface area contributed by atoms with Crippen LogP contribution in [-0.2, 0) is 4.79 Å². The van der Waals surface area contributed by atoms with Crippen molar-refractivity contribution >= 4 is 40.3 Å². The van der Waals surface area contributed by atoms with Gasteiger partial charge in [-0.05, 0) is 44.0 Å². The van der Waals surface area contributed by atoms with Gasteiger partial charge in [0.1, 0.15) is 10.1 Å². The Kier molecular flexibility index (Phi) is 5.42. The molecule has 112 valence electrons. The van der Waals surface area contributed by atoms with Crippen LogP contribution in [0.5, 0.6) is 5.75 Å². The molecule has 0 bridgehead atoms. The van der Waals surface area contributed by atoms with Crippen molar-refractivity contribution in [2.45, 2.75) is 33.3 Å². The van der Waals surface area contributed by atoms with E-state index in [9.17, 15) is 4.79 Å². The molecule has 0 aromatic heterocycles. The van der Waals surface area contributed by atoms with Crippen LogP contribution in [0, 0.1) is 0 Å². The highest BCUT2D eigenvalue weighted by atomic mass is 32.2. The summed E-state index contributed by atoms with van der Waals surface area (Å²) >= 11 is 6.62. The average molecular weight is 321 g/mol. The molecule has 1 aromatic rings. The van der Waals surface area contributed by atoms with E-state index in [1.165, 1.54) is 11.8 Å². The van der Waals surface area contributed by atoms with Crippen molar-refractivity contribution in [1.29, 1.82) is 0 Å². The predicted octanol–water partition coefficient (Wildman–Crippen LogP) is 4.09. The Balaban J connectivity index is 2.13. The molecule has 0 saturated carbocycles. The second-order valence-corrected chi connectivity index (χ2v) is 6.74. The standard InChI is InChI=1S/C16H19NO2S2/c1-4-9-17-15(18)14(21-16(17)20)10-12-5-7-13(8-6-12)19-11(2)3/h5-8,10-11H,4,9H2,1-3H3/b14-10+. The monoisotopic (exact) mass is 321 g/mol. The molecule has 1 aliphatic heterocycles. The zero-order chi connectivity index (χ0) is 15.4. The Morgan fingerprint density at radius 1 is 1.33 bits per heavy atom. The smallest absolute Gasteiger partial charge is 0.266 e. The molecular weight excluding hydrogens is 302 g/mol. The summed E-state index contributed by atoms with van der Waals surface area (Å²) in [5.74, 6) is 0.843. The van der Waals surface area contributed by atoms with Crippen LogP contribution < -0.4 is 4.74 Å². The Bertz CT molecular complexity index is 564. The molecular formula is C16H19NO2S2. The van der Waals surface area contributed by atoms with Gasteiger partial charge in [-0.1, -0.05) is 43.0 Å². The molecule has 1 aromatic carbocycles. The lowest BCUT2D eigenvalue weighted by molar-refractivity contribution is -0.122. The van der Waals surface area contributed by atoms with Gasteiger partial charge in [-0.25, -0.2) is 0 Å². The van der Waals surface area contributed by atoms with Gasteiger partial charge >= 0.3 is 0 Å². The fraction of sp³-hybridized carbons (Fsp3) is 0.375. The summed E-state index contributed by atoms with van der Waals surface area (Å²) in [5.41, 5.74) is 0.975. The van der Waals surface area contributed by atoms with Gasteiger partial charge in [0.25, 0.3) is 5.91 Å². The number of hydrogen-bond donors (Lipinski definition) is 0. The van der Waals surface area contributed by atoms with Gasteiger partial charge in [0.05, 0.1) is 11.0 Å². The number of nitrogens with zero attached hydrogens (tertiary/aromatic N) is 1. The maximum atomic E-state index is 12.2. The molecule has 1 fully saturated rings. The number of rotatable bonds is 5. The maximum Gasteiger partial charge on any atom is 0.266 e. The third-order valence-electron chi connectivity index (χ3n) is 2.87. The zero-order valence-corrected chi connectivity index (χ0v) is 14.1. The third kappa shape index (κ3) is 4.08. The van der Waals surface area contributed by atoms with Crippen molar-refractivity contribution in [2.75, 3.05) is 6.54 Å². The van der Waals surface area contributed by atoms with E-state index >= 15 is 0 Å². The minimum atomic E-state index is 0.00866. The molecule has 1 aliphatic rings. The normalized spacial score (nSPS) is 17.1. The average Bonchev–Trinajstić information content (AvgIpc) is 2.69. The highest BCUT2D eigenvalue weighted by Crippen LogP contribution is 2.32. The van der Waals surface area contributed by atoms with Crippen molar-refractivity contribution in [3.05, 3.63) is 34.7 Å². The van der Waals surface area contributed by atoms with Crippen LogP contribution in [0.2, 0.25) is 0 Å². The van der Waals surface area contributed by atoms with E-state index in [1.807, 2.05) is 51.1 Å². The number of hydrogen-bond acceptors (Lipinski definition) is 4. The maximum absolute atomic E-state index is 12.2. The van der Waals surface area contributed by atoms with E-state index in [1.54, 1.807) is 4.90 Å². The van der Waals surface area contributed by atoms with Crippen molar-refractivity contribution in [1.82, 2.24) is 4.90 Å². The number of benzene rings is 1. The fourth-order valence-electron chi connectivity index (χ4n) is 1.98. The van der Waals surface area contributed by atoms with Crippen molar-refractivity contribution < 1.29 is 9.53 Å². The van der Waals surface area contributed by atoms with Crippen LogP contribution in [0.1, 0.15) is 32.8 Å². The predicted molar refractivity (Wildman–Crippen MR) is 92.4 cm³/mol. The van der Waals surface area contributed by atoms with Gasteiger partial charge in [-0.3, -0.25) is 9.69 Å². The minimum absolute atomic E-state index is 0.00866. The summed E-state index contributed by atoms with van der Waals surface area (Å²) in [7, 11) is 0. The van der Waals surface area contributed by atoms with Gasteiger partial charge in [0.15, 0.2) is 0 Å². The number of carbonyl (C=O) groups excluding carboxylic acids is 1. The molecule has 1 heterocycles. The van der Waals surface area contributed by atoms with Crippen LogP contribution >= 0.6 is 24.0 Å². The SMILES string of the molecule is CCCN1C(=O)/C(=C\c2ccc(OC(C)C)cc2)SC1=S. The second kappa shape index (κ2) is 7.09. The zero-order valence-electron chi connectivity index (χ0n) is 12.5. The summed E-state index contributed by atoms with van der Waals surface area (Å²) in [4.78, 5) is 14.6. The number of carbonyl (C=O) groups is 1. The summed E-state index contributed by atoms with van der Waals surface area (Å²) in [6.45, 7) is 6.71. The van der Waals surface area contributed by atoms with Crippen molar-refractivity contribution in [3.8, 4) is 5.75 Å². The molecule has 0 unspecified atom stereocenters. The molecule has 0 aliphatic carbocycles. The number of ether oxygens (including phenoxy) is 1. The molecule has 0 spiro atoms. The summed E-state index contributed by atoms with van der Waals surface area (Å²) in [6, 6.07) is 7.73. The second-order valence-electron chi connectivity index (χ2n) is 5.07. The van der Waals surface area contributed by atoms with Crippen LogP contribution in [0.15, 0.2) is 29.2 Å². The highest BCUT2D eigenvalue weighted by Gasteiger charge is 2.30. The molecule has 2 rings (SSSR count). The topological polar surface area (TPSA) is 29.5 Å². The summed E-state index contributed by atoms with van der Waals surface area (Å²) in [6.07, 6.45) is 2.94. The molecule has 0 radical (unpaired) electrons. The first-order valence-electron chi connectivity index (χ1n) is 7.03. The molecule has 0 N–H and O–H groups in total. The van der Waals surface area contributed by atoms with Crippen LogP contribution in [0.3, 0.4) is 0 Å². The van der Waals surface area contributed by atoms with E-state index < -0.39 is 0 Å². The van der Waals surface area contributed by atoms with Gasteiger partial charge < -0.3 is 4.74 Å². The van der Waals surface area contributed by atoms with Crippen LogP contribution in [0.25, 0.3) is 6.08 Å². The van der Waals surface area contributed by atoms with E-state index in [0.29, 0.717) is 15.8 Å². The highest BCUT2D eigenvalue weighted by molar-refractivity contribution is 8.26. The van der Waals surface area contributed by atoms with Crippen LogP contribution in [0.4, 0.5) is 0 Å². The molecule has 5 heteroatoms. The molecule has 1 saturated heterocycles. The third-order valence-corrected chi connectivity index (χ3v) is 4.25. The first-order valence-corrected chi connectivity index (χ1v) is 8.26. The van der Waals surface area contributed by atoms with Gasteiger partial charge in [-0.15, -0.1) is 0 Å². The molecule has 3 nitrogen and oxygen atoms in total. The van der Waals surface area contributed by atoms with E-state index in [2.05, 4.69) is 0 Å².